The summed E-state index contributed by atoms with van der Waals surface area (Å²) in [4.78, 5) is 12.3. The van der Waals surface area contributed by atoms with Crippen molar-refractivity contribution >= 4 is 33.2 Å². The van der Waals surface area contributed by atoms with Crippen LogP contribution in [0.1, 0.15) is 12.7 Å². The maximum Gasteiger partial charge on any atom is 0.125 e. The molecule has 0 spiro atoms. The number of fused-ring (bicyclic) bond motifs is 1. The Morgan fingerprint density at radius 2 is 2.04 bits per heavy atom. The summed E-state index contributed by atoms with van der Waals surface area (Å²) in [7, 11) is 0. The van der Waals surface area contributed by atoms with Gasteiger partial charge in [0.05, 0.1) is 27.1 Å². The van der Waals surface area contributed by atoms with Crippen LogP contribution in [0, 0.1) is 5.82 Å². The van der Waals surface area contributed by atoms with Crippen LogP contribution in [0.15, 0.2) is 41.9 Å². The summed E-state index contributed by atoms with van der Waals surface area (Å²) in [5, 5.41) is 0.356. The van der Waals surface area contributed by atoms with E-state index in [0.29, 0.717) is 16.3 Å². The molecule has 0 aliphatic rings. The van der Waals surface area contributed by atoms with E-state index in [2.05, 4.69) is 21.0 Å². The summed E-state index contributed by atoms with van der Waals surface area (Å²) >= 11 is 7.61. The molecule has 2 heterocycles. The molecule has 0 atom stereocenters. The number of hydrogen-bond donors (Lipinski definition) is 1. The highest BCUT2D eigenvalue weighted by Gasteiger charge is 2.15. The standard InChI is InChI=1S/C18H13ClFN3S/c1-2-16-22-17(10-3-4-14-15(7-10)24-9-21-14)18(23-16)11-5-12(19)8-13(20)6-11/h3-9H,2H2,1H3,(H,22,23). The largest absolute Gasteiger partial charge is 0.341 e. The van der Waals surface area contributed by atoms with Crippen LogP contribution in [-0.2, 0) is 6.42 Å². The van der Waals surface area contributed by atoms with Crippen LogP contribution in [0.2, 0.25) is 5.02 Å². The molecule has 0 saturated heterocycles. The third-order valence-electron chi connectivity index (χ3n) is 3.84. The highest BCUT2D eigenvalue weighted by atomic mass is 35.5. The van der Waals surface area contributed by atoms with Gasteiger partial charge < -0.3 is 4.98 Å². The topological polar surface area (TPSA) is 41.6 Å². The molecule has 2 aromatic carbocycles. The summed E-state index contributed by atoms with van der Waals surface area (Å²) in [6, 6.07) is 10.5. The van der Waals surface area contributed by atoms with Crippen LogP contribution in [0.3, 0.4) is 0 Å². The maximum atomic E-state index is 13.8. The number of aromatic amines is 1. The zero-order valence-corrected chi connectivity index (χ0v) is 14.4. The first-order valence-electron chi connectivity index (χ1n) is 7.53. The number of benzene rings is 2. The Balaban J connectivity index is 1.92. The van der Waals surface area contributed by atoms with Gasteiger partial charge in [-0.05, 0) is 30.3 Å². The fourth-order valence-corrected chi connectivity index (χ4v) is 3.65. The van der Waals surface area contributed by atoms with Crippen molar-refractivity contribution < 1.29 is 4.39 Å². The minimum Gasteiger partial charge on any atom is -0.341 e. The average molecular weight is 358 g/mol. The van der Waals surface area contributed by atoms with Crippen molar-refractivity contribution in [1.29, 1.82) is 0 Å². The number of thiazole rings is 1. The average Bonchev–Trinajstić information content (AvgIpc) is 3.19. The van der Waals surface area contributed by atoms with E-state index in [1.165, 1.54) is 12.1 Å². The van der Waals surface area contributed by atoms with Crippen molar-refractivity contribution in [2.75, 3.05) is 0 Å². The van der Waals surface area contributed by atoms with Crippen molar-refractivity contribution in [2.24, 2.45) is 0 Å². The van der Waals surface area contributed by atoms with Gasteiger partial charge in [0.1, 0.15) is 11.6 Å². The number of hydrogen-bond acceptors (Lipinski definition) is 3. The molecule has 6 heteroatoms. The second-order valence-corrected chi connectivity index (χ2v) is 6.78. The van der Waals surface area contributed by atoms with E-state index < -0.39 is 0 Å². The van der Waals surface area contributed by atoms with Crippen molar-refractivity contribution in [3.8, 4) is 22.5 Å². The summed E-state index contributed by atoms with van der Waals surface area (Å²) in [5.41, 5.74) is 6.02. The van der Waals surface area contributed by atoms with Gasteiger partial charge >= 0.3 is 0 Å². The molecule has 2 aromatic heterocycles. The van der Waals surface area contributed by atoms with Crippen molar-refractivity contribution in [3.05, 3.63) is 58.6 Å². The van der Waals surface area contributed by atoms with E-state index in [0.717, 1.165) is 33.7 Å². The second-order valence-electron chi connectivity index (χ2n) is 5.45. The van der Waals surface area contributed by atoms with Gasteiger partial charge in [-0.1, -0.05) is 24.6 Å². The molecule has 24 heavy (non-hydrogen) atoms. The highest BCUT2D eigenvalue weighted by molar-refractivity contribution is 7.16. The Kier molecular flexibility index (Phi) is 3.82. The van der Waals surface area contributed by atoms with Crippen molar-refractivity contribution in [1.82, 2.24) is 15.0 Å². The zero-order chi connectivity index (χ0) is 16.7. The Labute approximate surface area is 147 Å². The fraction of sp³-hybridized carbons (Fsp3) is 0.111. The number of nitrogens with one attached hydrogen (secondary N) is 1. The lowest BCUT2D eigenvalue weighted by molar-refractivity contribution is 0.628. The summed E-state index contributed by atoms with van der Waals surface area (Å²) in [6.07, 6.45) is 0.763. The number of halogens is 2. The van der Waals surface area contributed by atoms with Crippen molar-refractivity contribution in [3.63, 3.8) is 0 Å². The molecule has 4 rings (SSSR count). The Morgan fingerprint density at radius 3 is 2.83 bits per heavy atom. The number of imidazole rings is 1. The fourth-order valence-electron chi connectivity index (χ4n) is 2.71. The van der Waals surface area contributed by atoms with E-state index in [1.807, 2.05) is 24.6 Å². The number of aromatic nitrogens is 3. The summed E-state index contributed by atoms with van der Waals surface area (Å²) in [6.45, 7) is 2.03. The first-order chi connectivity index (χ1) is 11.6. The SMILES string of the molecule is CCc1nc(-c2cc(F)cc(Cl)c2)c(-c2ccc3ncsc3c2)[nH]1. The zero-order valence-electron chi connectivity index (χ0n) is 12.8. The van der Waals surface area contributed by atoms with Gasteiger partial charge in [0, 0.05) is 22.6 Å². The first kappa shape index (κ1) is 15.3. The van der Waals surface area contributed by atoms with Crippen LogP contribution in [0.4, 0.5) is 4.39 Å². The van der Waals surface area contributed by atoms with Crippen LogP contribution in [0.5, 0.6) is 0 Å². The van der Waals surface area contributed by atoms with Crippen LogP contribution in [0.25, 0.3) is 32.7 Å². The number of aryl methyl sites for hydroxylation is 1. The summed E-state index contributed by atoms with van der Waals surface area (Å²) in [5.74, 6) is 0.479. The highest BCUT2D eigenvalue weighted by Crippen LogP contribution is 2.34. The normalized spacial score (nSPS) is 11.3. The molecule has 0 aliphatic carbocycles. The third kappa shape index (κ3) is 2.70. The van der Waals surface area contributed by atoms with Gasteiger partial charge in [0.15, 0.2) is 0 Å². The Hall–Kier alpha value is -2.24. The molecule has 0 aliphatic heterocycles. The monoisotopic (exact) mass is 357 g/mol. The van der Waals surface area contributed by atoms with E-state index in [-0.39, 0.29) is 5.82 Å². The van der Waals surface area contributed by atoms with Crippen LogP contribution in [-0.4, -0.2) is 15.0 Å². The lowest BCUT2D eigenvalue weighted by Gasteiger charge is -2.04. The molecule has 0 saturated carbocycles. The van der Waals surface area contributed by atoms with E-state index in [9.17, 15) is 4.39 Å². The van der Waals surface area contributed by atoms with Gasteiger partial charge in [-0.2, -0.15) is 0 Å². The molecule has 1 N–H and O–H groups in total. The molecule has 0 fully saturated rings. The molecule has 0 unspecified atom stereocenters. The molecule has 0 radical (unpaired) electrons. The lowest BCUT2D eigenvalue weighted by Crippen LogP contribution is -1.86. The Bertz CT molecular complexity index is 1020. The Morgan fingerprint density at radius 1 is 1.17 bits per heavy atom. The molecule has 4 aromatic rings. The van der Waals surface area contributed by atoms with Crippen molar-refractivity contribution in [2.45, 2.75) is 13.3 Å². The maximum absolute atomic E-state index is 13.8. The third-order valence-corrected chi connectivity index (χ3v) is 4.85. The minimum atomic E-state index is -0.373. The summed E-state index contributed by atoms with van der Waals surface area (Å²) < 4.78 is 14.9. The van der Waals surface area contributed by atoms with E-state index in [1.54, 1.807) is 17.4 Å². The van der Waals surface area contributed by atoms with Gasteiger partial charge in [0.25, 0.3) is 0 Å². The minimum absolute atomic E-state index is 0.356. The second kappa shape index (κ2) is 6.00. The number of rotatable bonds is 3. The lowest BCUT2D eigenvalue weighted by atomic mass is 10.0. The van der Waals surface area contributed by atoms with E-state index >= 15 is 0 Å². The smallest absolute Gasteiger partial charge is 0.125 e. The molecule has 0 amide bonds. The van der Waals surface area contributed by atoms with Gasteiger partial charge in [0.2, 0.25) is 0 Å². The molecular weight excluding hydrogens is 345 g/mol. The molecule has 0 bridgehead atoms. The molecule has 3 nitrogen and oxygen atoms in total. The number of nitrogens with zero attached hydrogens (tertiary/aromatic N) is 2. The quantitative estimate of drug-likeness (QED) is 0.510. The predicted octanol–water partition coefficient (Wildman–Crippen LogP) is 5.71. The van der Waals surface area contributed by atoms with Gasteiger partial charge in [-0.25, -0.2) is 14.4 Å². The predicted molar refractivity (Wildman–Crippen MR) is 97.0 cm³/mol. The van der Waals surface area contributed by atoms with Crippen LogP contribution < -0.4 is 0 Å². The first-order valence-corrected chi connectivity index (χ1v) is 8.79. The molecule has 120 valence electrons. The van der Waals surface area contributed by atoms with Gasteiger partial charge in [-0.15, -0.1) is 11.3 Å². The molecular formula is C18H13ClFN3S. The number of H-pyrrole nitrogens is 1. The van der Waals surface area contributed by atoms with Gasteiger partial charge in [-0.3, -0.25) is 0 Å². The van der Waals surface area contributed by atoms with Crippen LogP contribution >= 0.6 is 22.9 Å². The van der Waals surface area contributed by atoms with E-state index in [4.69, 9.17) is 11.6 Å².